The van der Waals surface area contributed by atoms with Crippen molar-refractivity contribution in [2.24, 2.45) is 0 Å². The number of hydrogen-bond acceptors (Lipinski definition) is 3. The van der Waals surface area contributed by atoms with Crippen LogP contribution in [-0.4, -0.2) is 14.7 Å². The molecule has 0 unspecified atom stereocenters. The zero-order chi connectivity index (χ0) is 15.6. The van der Waals surface area contributed by atoms with Crippen molar-refractivity contribution in [3.05, 3.63) is 56.4 Å². The Bertz CT molecular complexity index is 781. The van der Waals surface area contributed by atoms with Gasteiger partial charge in [0.05, 0.1) is 4.90 Å². The van der Waals surface area contributed by atoms with Crippen LogP contribution in [0.5, 0.6) is 0 Å². The van der Waals surface area contributed by atoms with Crippen molar-refractivity contribution in [1.29, 1.82) is 0 Å². The Morgan fingerprint density at radius 3 is 2.62 bits per heavy atom. The summed E-state index contributed by atoms with van der Waals surface area (Å²) >= 11 is 8.11. The van der Waals surface area contributed by atoms with Crippen LogP contribution in [0.25, 0.3) is 0 Å². The number of halogens is 3. The fraction of sp³-hybridized carbons (Fsp3) is 0.143. The molecule has 0 aromatic heterocycles. The van der Waals surface area contributed by atoms with Gasteiger partial charge < -0.3 is 5.32 Å². The highest BCUT2D eigenvalue weighted by atomic mass is 127. The van der Waals surface area contributed by atoms with Crippen molar-refractivity contribution in [3.63, 3.8) is 0 Å². The standard InChI is InChI=1S/C14H12ClFINO2S/c1-21(19,20)14-4-2-3-11(15)10(14)8-18-13-6-5-9(16)7-12(13)17/h2-7,18H,8H2,1H3. The lowest BCUT2D eigenvalue weighted by atomic mass is 10.2. The van der Waals surface area contributed by atoms with Crippen molar-refractivity contribution in [2.45, 2.75) is 11.4 Å². The molecule has 2 aromatic rings. The van der Waals surface area contributed by atoms with E-state index in [1.165, 1.54) is 18.2 Å². The van der Waals surface area contributed by atoms with E-state index in [0.29, 0.717) is 14.2 Å². The van der Waals surface area contributed by atoms with Crippen LogP contribution in [0, 0.1) is 9.39 Å². The minimum Gasteiger partial charge on any atom is -0.380 e. The van der Waals surface area contributed by atoms with Gasteiger partial charge in [-0.25, -0.2) is 12.8 Å². The van der Waals surface area contributed by atoms with E-state index >= 15 is 0 Å². The summed E-state index contributed by atoms with van der Waals surface area (Å²) in [6.07, 6.45) is 1.14. The van der Waals surface area contributed by atoms with E-state index in [1.807, 2.05) is 22.6 Å². The van der Waals surface area contributed by atoms with Crippen LogP contribution in [-0.2, 0) is 16.4 Å². The second-order valence-electron chi connectivity index (χ2n) is 4.47. The first-order valence-electron chi connectivity index (χ1n) is 5.95. The van der Waals surface area contributed by atoms with E-state index in [9.17, 15) is 12.8 Å². The summed E-state index contributed by atoms with van der Waals surface area (Å²) in [7, 11) is -3.36. The fourth-order valence-corrected chi connectivity index (χ4v) is 3.80. The molecule has 2 rings (SSSR count). The molecule has 0 spiro atoms. The Kier molecular flexibility index (Phi) is 5.11. The highest BCUT2D eigenvalue weighted by Gasteiger charge is 2.15. The lowest BCUT2D eigenvalue weighted by molar-refractivity contribution is 0.601. The summed E-state index contributed by atoms with van der Waals surface area (Å²) in [6.45, 7) is 0.240. The van der Waals surface area contributed by atoms with E-state index in [2.05, 4.69) is 5.32 Å². The lowest BCUT2D eigenvalue weighted by Gasteiger charge is -2.13. The molecule has 0 amide bonds. The summed E-state index contributed by atoms with van der Waals surface area (Å²) in [6, 6.07) is 9.11. The van der Waals surface area contributed by atoms with Crippen molar-refractivity contribution in [1.82, 2.24) is 0 Å². The van der Waals surface area contributed by atoms with Gasteiger partial charge in [-0.1, -0.05) is 17.7 Å². The molecule has 0 bridgehead atoms. The van der Waals surface area contributed by atoms with Crippen molar-refractivity contribution >= 4 is 49.7 Å². The molecule has 0 heterocycles. The third kappa shape index (κ3) is 4.08. The Hall–Kier alpha value is -0.860. The van der Waals surface area contributed by atoms with E-state index in [-0.39, 0.29) is 17.3 Å². The topological polar surface area (TPSA) is 46.2 Å². The molecule has 0 aliphatic heterocycles. The molecular formula is C14H12ClFINO2S. The molecule has 0 aliphatic rings. The number of benzene rings is 2. The highest BCUT2D eigenvalue weighted by molar-refractivity contribution is 14.1. The van der Waals surface area contributed by atoms with Gasteiger partial charge in [-0.3, -0.25) is 0 Å². The Balaban J connectivity index is 2.32. The van der Waals surface area contributed by atoms with E-state index in [1.54, 1.807) is 18.2 Å². The van der Waals surface area contributed by atoms with Crippen LogP contribution in [0.15, 0.2) is 41.3 Å². The average Bonchev–Trinajstić information content (AvgIpc) is 2.37. The molecule has 3 nitrogen and oxygen atoms in total. The molecule has 21 heavy (non-hydrogen) atoms. The first-order chi connectivity index (χ1) is 9.79. The van der Waals surface area contributed by atoms with Gasteiger partial charge >= 0.3 is 0 Å². The predicted molar refractivity (Wildman–Crippen MR) is 91.0 cm³/mol. The number of anilines is 1. The second kappa shape index (κ2) is 6.50. The quantitative estimate of drug-likeness (QED) is 0.730. The predicted octanol–water partition coefficient (Wildman–Crippen LogP) is 4.10. The third-order valence-corrected chi connectivity index (χ3v) is 5.29. The van der Waals surface area contributed by atoms with Gasteiger partial charge in [0.1, 0.15) is 5.82 Å². The lowest BCUT2D eigenvalue weighted by Crippen LogP contribution is -2.08. The Morgan fingerprint density at radius 1 is 1.29 bits per heavy atom. The molecule has 0 fully saturated rings. The summed E-state index contributed by atoms with van der Waals surface area (Å²) in [5, 5.41) is 3.46. The second-order valence-corrected chi connectivity index (χ2v) is 8.02. The minimum absolute atomic E-state index is 0.194. The van der Waals surface area contributed by atoms with E-state index in [0.717, 1.165) is 11.9 Å². The number of sulfone groups is 1. The fourth-order valence-electron chi connectivity index (χ4n) is 1.87. The summed E-state index contributed by atoms with van der Waals surface area (Å²) in [5.41, 5.74) is 1.22. The van der Waals surface area contributed by atoms with Gasteiger partial charge in [-0.2, -0.15) is 0 Å². The van der Waals surface area contributed by atoms with Crippen molar-refractivity contribution < 1.29 is 12.8 Å². The van der Waals surface area contributed by atoms with Crippen LogP contribution in [0.3, 0.4) is 0 Å². The molecule has 0 radical (unpaired) electrons. The van der Waals surface area contributed by atoms with Gasteiger partial charge in [-0.15, -0.1) is 0 Å². The van der Waals surface area contributed by atoms with Crippen LogP contribution >= 0.6 is 34.2 Å². The maximum Gasteiger partial charge on any atom is 0.175 e. The third-order valence-electron chi connectivity index (χ3n) is 2.86. The number of hydrogen-bond donors (Lipinski definition) is 1. The monoisotopic (exact) mass is 439 g/mol. The molecule has 0 atom stereocenters. The van der Waals surface area contributed by atoms with Crippen molar-refractivity contribution in [3.8, 4) is 0 Å². The van der Waals surface area contributed by atoms with Crippen molar-refractivity contribution in [2.75, 3.05) is 11.6 Å². The van der Waals surface area contributed by atoms with E-state index < -0.39 is 9.84 Å². The van der Waals surface area contributed by atoms with Gasteiger partial charge in [0.15, 0.2) is 9.84 Å². The molecule has 2 aromatic carbocycles. The summed E-state index contributed by atoms with van der Waals surface area (Å²) in [4.78, 5) is 0.194. The van der Waals surface area contributed by atoms with Crippen LogP contribution in [0.2, 0.25) is 5.02 Å². The first kappa shape index (κ1) is 16.5. The molecular weight excluding hydrogens is 428 g/mol. The smallest absolute Gasteiger partial charge is 0.175 e. The first-order valence-corrected chi connectivity index (χ1v) is 9.30. The molecule has 1 N–H and O–H groups in total. The van der Waals surface area contributed by atoms with Crippen LogP contribution in [0.4, 0.5) is 10.1 Å². The largest absolute Gasteiger partial charge is 0.380 e. The normalized spacial score (nSPS) is 11.4. The van der Waals surface area contributed by atoms with Gasteiger partial charge in [0.25, 0.3) is 0 Å². The SMILES string of the molecule is CS(=O)(=O)c1cccc(Cl)c1CNc1ccc(F)cc1I. The zero-order valence-corrected chi connectivity index (χ0v) is 14.8. The average molecular weight is 440 g/mol. The summed E-state index contributed by atoms with van der Waals surface area (Å²) < 4.78 is 37.4. The Labute approximate surface area is 141 Å². The minimum atomic E-state index is -3.36. The molecule has 0 aliphatic carbocycles. The maximum atomic E-state index is 13.1. The van der Waals surface area contributed by atoms with Gasteiger partial charge in [0.2, 0.25) is 0 Å². The molecule has 0 saturated heterocycles. The highest BCUT2D eigenvalue weighted by Crippen LogP contribution is 2.26. The molecule has 7 heteroatoms. The van der Waals surface area contributed by atoms with Gasteiger partial charge in [0, 0.05) is 32.6 Å². The summed E-state index contributed by atoms with van der Waals surface area (Å²) in [5.74, 6) is -0.320. The zero-order valence-electron chi connectivity index (χ0n) is 11.0. The molecule has 0 saturated carbocycles. The molecule has 112 valence electrons. The number of rotatable bonds is 4. The Morgan fingerprint density at radius 2 is 2.00 bits per heavy atom. The number of nitrogens with one attached hydrogen (secondary N) is 1. The maximum absolute atomic E-state index is 13.1. The van der Waals surface area contributed by atoms with E-state index in [4.69, 9.17) is 11.6 Å². The van der Waals surface area contributed by atoms with Crippen LogP contribution < -0.4 is 5.32 Å². The van der Waals surface area contributed by atoms with Gasteiger partial charge in [-0.05, 0) is 52.9 Å². The van der Waals surface area contributed by atoms with Crippen LogP contribution in [0.1, 0.15) is 5.56 Å².